The minimum Gasteiger partial charge on any atom is -0.481 e. The summed E-state index contributed by atoms with van der Waals surface area (Å²) >= 11 is 0. The van der Waals surface area contributed by atoms with Crippen LogP contribution < -0.4 is 16.0 Å². The minimum absolute atomic E-state index is 0.204. The number of unbranched alkanes of at least 4 members (excludes halogenated alkanes) is 1. The molecule has 0 saturated heterocycles. The molecule has 2 atom stereocenters. The van der Waals surface area contributed by atoms with Crippen LogP contribution in [0.4, 0.5) is 4.79 Å². The van der Waals surface area contributed by atoms with E-state index in [9.17, 15) is 19.2 Å². The SMILES string of the molecule is CC(C)NCCCCC(NC(=O)NC(CCC(=O)O)C(=O)O)C(=O)O. The van der Waals surface area contributed by atoms with Crippen molar-refractivity contribution in [2.75, 3.05) is 6.54 Å². The van der Waals surface area contributed by atoms with Crippen LogP contribution in [0.5, 0.6) is 0 Å². The molecule has 0 aromatic carbocycles. The number of nitrogens with one attached hydrogen (secondary N) is 3. The van der Waals surface area contributed by atoms with E-state index in [1.165, 1.54) is 0 Å². The van der Waals surface area contributed by atoms with Gasteiger partial charge in [0, 0.05) is 12.5 Å². The largest absolute Gasteiger partial charge is 0.481 e. The molecule has 0 bridgehead atoms. The first-order valence-electron chi connectivity index (χ1n) is 8.11. The summed E-state index contributed by atoms with van der Waals surface area (Å²) in [7, 11) is 0. The van der Waals surface area contributed by atoms with Gasteiger partial charge in [-0.25, -0.2) is 14.4 Å². The molecule has 0 aliphatic rings. The highest BCUT2D eigenvalue weighted by Crippen LogP contribution is 2.03. The molecule has 25 heavy (non-hydrogen) atoms. The van der Waals surface area contributed by atoms with Gasteiger partial charge in [0.25, 0.3) is 0 Å². The van der Waals surface area contributed by atoms with Crippen LogP contribution in [0.3, 0.4) is 0 Å². The number of amides is 2. The molecule has 0 radical (unpaired) electrons. The molecule has 0 aromatic heterocycles. The average Bonchev–Trinajstić information content (AvgIpc) is 2.48. The molecule has 0 aliphatic carbocycles. The molecule has 0 aromatic rings. The van der Waals surface area contributed by atoms with Crippen LogP contribution in [0.25, 0.3) is 0 Å². The van der Waals surface area contributed by atoms with E-state index in [1.807, 2.05) is 13.8 Å². The van der Waals surface area contributed by atoms with Gasteiger partial charge in [-0.15, -0.1) is 0 Å². The predicted molar refractivity (Wildman–Crippen MR) is 88.4 cm³/mol. The van der Waals surface area contributed by atoms with E-state index >= 15 is 0 Å². The van der Waals surface area contributed by atoms with Crippen molar-refractivity contribution in [2.45, 2.75) is 64.1 Å². The highest BCUT2D eigenvalue weighted by atomic mass is 16.4. The van der Waals surface area contributed by atoms with Crippen molar-refractivity contribution in [1.82, 2.24) is 16.0 Å². The molecular weight excluding hydrogens is 334 g/mol. The molecule has 6 N–H and O–H groups in total. The number of carbonyl (C=O) groups is 4. The number of carboxylic acids is 3. The Morgan fingerprint density at radius 1 is 0.840 bits per heavy atom. The lowest BCUT2D eigenvalue weighted by Crippen LogP contribution is -2.51. The van der Waals surface area contributed by atoms with Gasteiger partial charge in [0.15, 0.2) is 0 Å². The molecule has 2 amide bonds. The third-order valence-corrected chi connectivity index (χ3v) is 3.33. The van der Waals surface area contributed by atoms with Crippen LogP contribution in [0.2, 0.25) is 0 Å². The quantitative estimate of drug-likeness (QED) is 0.254. The third-order valence-electron chi connectivity index (χ3n) is 3.33. The Balaban J connectivity index is 4.39. The predicted octanol–water partition coefficient (Wildman–Crippen LogP) is 0.225. The molecule has 2 unspecified atom stereocenters. The van der Waals surface area contributed by atoms with Gasteiger partial charge < -0.3 is 31.3 Å². The fourth-order valence-corrected chi connectivity index (χ4v) is 2.00. The molecule has 0 heterocycles. The van der Waals surface area contributed by atoms with Crippen LogP contribution in [0, 0.1) is 0 Å². The maximum Gasteiger partial charge on any atom is 0.326 e. The first-order valence-corrected chi connectivity index (χ1v) is 8.11. The van der Waals surface area contributed by atoms with Crippen molar-refractivity contribution >= 4 is 23.9 Å². The van der Waals surface area contributed by atoms with Gasteiger partial charge in [-0.1, -0.05) is 13.8 Å². The average molecular weight is 361 g/mol. The van der Waals surface area contributed by atoms with Crippen LogP contribution in [0.1, 0.15) is 46.0 Å². The second-order valence-corrected chi connectivity index (χ2v) is 5.94. The third kappa shape index (κ3) is 11.8. The molecule has 0 aliphatic heterocycles. The molecule has 10 heteroatoms. The summed E-state index contributed by atoms with van der Waals surface area (Å²) in [6.07, 6.45) is 0.786. The Bertz CT molecular complexity index is 468. The fraction of sp³-hybridized carbons (Fsp3) is 0.733. The van der Waals surface area contributed by atoms with Gasteiger partial charge in [0.2, 0.25) is 0 Å². The summed E-state index contributed by atoms with van der Waals surface area (Å²) in [5.74, 6) is -3.79. The Kier molecular flexibility index (Phi) is 10.9. The van der Waals surface area contributed by atoms with Gasteiger partial charge in [0.05, 0.1) is 0 Å². The number of carboxylic acid groups (broad SMARTS) is 3. The summed E-state index contributed by atoms with van der Waals surface area (Å²) in [5, 5.41) is 34.2. The molecule has 0 saturated carbocycles. The molecule has 0 fully saturated rings. The summed E-state index contributed by atoms with van der Waals surface area (Å²) in [6, 6.07) is -3.17. The van der Waals surface area contributed by atoms with Crippen molar-refractivity contribution in [3.63, 3.8) is 0 Å². The van der Waals surface area contributed by atoms with Crippen LogP contribution >= 0.6 is 0 Å². The fourth-order valence-electron chi connectivity index (χ4n) is 2.00. The number of hydrogen-bond donors (Lipinski definition) is 6. The van der Waals surface area contributed by atoms with E-state index in [0.29, 0.717) is 12.5 Å². The van der Waals surface area contributed by atoms with Crippen LogP contribution in [0.15, 0.2) is 0 Å². The maximum atomic E-state index is 11.8. The van der Waals surface area contributed by atoms with E-state index in [1.54, 1.807) is 0 Å². The minimum atomic E-state index is -1.40. The van der Waals surface area contributed by atoms with Crippen LogP contribution in [-0.4, -0.2) is 63.9 Å². The molecule has 10 nitrogen and oxygen atoms in total. The number of aliphatic carboxylic acids is 3. The lowest BCUT2D eigenvalue weighted by Gasteiger charge is -2.18. The molecular formula is C15H27N3O7. The van der Waals surface area contributed by atoms with Gasteiger partial charge >= 0.3 is 23.9 Å². The Morgan fingerprint density at radius 2 is 1.36 bits per heavy atom. The van der Waals surface area contributed by atoms with Gasteiger partial charge in [0.1, 0.15) is 12.1 Å². The van der Waals surface area contributed by atoms with Crippen molar-refractivity contribution in [3.05, 3.63) is 0 Å². The van der Waals surface area contributed by atoms with E-state index in [4.69, 9.17) is 15.3 Å². The van der Waals surface area contributed by atoms with Crippen molar-refractivity contribution in [2.24, 2.45) is 0 Å². The van der Waals surface area contributed by atoms with Crippen molar-refractivity contribution in [3.8, 4) is 0 Å². The zero-order valence-electron chi connectivity index (χ0n) is 14.4. The smallest absolute Gasteiger partial charge is 0.326 e. The zero-order chi connectivity index (χ0) is 19.4. The number of hydrogen-bond acceptors (Lipinski definition) is 5. The first kappa shape index (κ1) is 22.6. The number of urea groups is 1. The van der Waals surface area contributed by atoms with Crippen molar-refractivity contribution in [1.29, 1.82) is 0 Å². The van der Waals surface area contributed by atoms with Gasteiger partial charge in [-0.05, 0) is 32.2 Å². The summed E-state index contributed by atoms with van der Waals surface area (Å²) in [6.45, 7) is 4.72. The van der Waals surface area contributed by atoms with E-state index in [2.05, 4.69) is 16.0 Å². The number of carbonyl (C=O) groups excluding carboxylic acids is 1. The second-order valence-electron chi connectivity index (χ2n) is 5.94. The molecule has 0 rings (SSSR count). The van der Waals surface area contributed by atoms with E-state index in [0.717, 1.165) is 13.0 Å². The lowest BCUT2D eigenvalue weighted by molar-refractivity contribution is -0.140. The topological polar surface area (TPSA) is 165 Å². The molecule has 144 valence electrons. The monoisotopic (exact) mass is 361 g/mol. The number of rotatable bonds is 13. The van der Waals surface area contributed by atoms with Gasteiger partial charge in [-0.3, -0.25) is 4.79 Å². The highest BCUT2D eigenvalue weighted by Gasteiger charge is 2.24. The summed E-state index contributed by atoms with van der Waals surface area (Å²) < 4.78 is 0. The zero-order valence-corrected chi connectivity index (χ0v) is 14.4. The van der Waals surface area contributed by atoms with Gasteiger partial charge in [-0.2, -0.15) is 0 Å². The Morgan fingerprint density at radius 3 is 1.80 bits per heavy atom. The molecule has 0 spiro atoms. The Hall–Kier alpha value is -2.36. The Labute approximate surface area is 146 Å². The van der Waals surface area contributed by atoms with Crippen molar-refractivity contribution < 1.29 is 34.5 Å². The first-order chi connectivity index (χ1) is 11.6. The maximum absolute atomic E-state index is 11.8. The van der Waals surface area contributed by atoms with E-state index in [-0.39, 0.29) is 12.8 Å². The second kappa shape index (κ2) is 12.1. The highest BCUT2D eigenvalue weighted by molar-refractivity contribution is 5.86. The summed E-state index contributed by atoms with van der Waals surface area (Å²) in [5.41, 5.74) is 0. The normalized spacial score (nSPS) is 13.1. The standard InChI is InChI=1S/C15H27N3O7/c1-9(2)16-8-4-3-5-10(13(21)22)17-15(25)18-11(14(23)24)6-7-12(19)20/h9-11,16H,3-8H2,1-2H3,(H,19,20)(H,21,22)(H,23,24)(H2,17,18,25). The van der Waals surface area contributed by atoms with Crippen LogP contribution in [-0.2, 0) is 14.4 Å². The van der Waals surface area contributed by atoms with E-state index < -0.39 is 42.4 Å². The summed E-state index contributed by atoms with van der Waals surface area (Å²) in [4.78, 5) is 44.5. The lowest BCUT2D eigenvalue weighted by atomic mass is 10.1.